The molecule has 0 aromatic carbocycles. The van der Waals surface area contributed by atoms with Crippen LogP contribution in [0.3, 0.4) is 0 Å². The van der Waals surface area contributed by atoms with Crippen molar-refractivity contribution in [1.29, 1.82) is 0 Å². The van der Waals surface area contributed by atoms with E-state index < -0.39 is 16.3 Å². The molecule has 1 amide bonds. The smallest absolute Gasteiger partial charge is 0.421 e. The minimum absolute atomic E-state index is 0.122. The molecule has 7 nitrogen and oxygen atoms in total. The van der Waals surface area contributed by atoms with E-state index in [0.717, 1.165) is 12.8 Å². The molecule has 2 unspecified atom stereocenters. The van der Waals surface area contributed by atoms with Gasteiger partial charge in [-0.1, -0.05) is 6.42 Å². The summed E-state index contributed by atoms with van der Waals surface area (Å²) in [5.41, 5.74) is 5.59. The lowest BCUT2D eigenvalue weighted by Crippen LogP contribution is -2.56. The van der Waals surface area contributed by atoms with Crippen molar-refractivity contribution in [1.82, 2.24) is 9.03 Å². The first-order chi connectivity index (χ1) is 8.42. The molecule has 3 N–H and O–H groups in total. The standard InChI is InChI=1S/C10H21N3O4S/c1-3-17-10(14)12-18(15,16)13-8(2)5-4-6-9(13)7-11/h8-9H,3-7,11H2,1-2H3,(H,12,14). The van der Waals surface area contributed by atoms with Crippen molar-refractivity contribution in [3.8, 4) is 0 Å². The zero-order valence-electron chi connectivity index (χ0n) is 10.8. The van der Waals surface area contributed by atoms with Gasteiger partial charge < -0.3 is 10.5 Å². The Morgan fingerprint density at radius 3 is 2.72 bits per heavy atom. The average Bonchev–Trinajstić information content (AvgIpc) is 2.27. The summed E-state index contributed by atoms with van der Waals surface area (Å²) >= 11 is 0. The fraction of sp³-hybridized carbons (Fsp3) is 0.900. The number of piperidine rings is 1. The van der Waals surface area contributed by atoms with Gasteiger partial charge in [0.05, 0.1) is 6.61 Å². The van der Waals surface area contributed by atoms with Gasteiger partial charge in [0, 0.05) is 18.6 Å². The van der Waals surface area contributed by atoms with E-state index in [1.54, 1.807) is 6.92 Å². The van der Waals surface area contributed by atoms with E-state index in [1.165, 1.54) is 4.31 Å². The molecule has 106 valence electrons. The van der Waals surface area contributed by atoms with Crippen molar-refractivity contribution in [2.75, 3.05) is 13.2 Å². The minimum Gasteiger partial charge on any atom is -0.449 e. The fourth-order valence-corrected chi connectivity index (χ4v) is 3.77. The van der Waals surface area contributed by atoms with Crippen LogP contribution in [0.25, 0.3) is 0 Å². The first kappa shape index (κ1) is 15.2. The van der Waals surface area contributed by atoms with Crippen molar-refractivity contribution in [3.05, 3.63) is 0 Å². The van der Waals surface area contributed by atoms with Crippen molar-refractivity contribution in [2.45, 2.75) is 45.2 Å². The lowest BCUT2D eigenvalue weighted by Gasteiger charge is -2.38. The second kappa shape index (κ2) is 6.35. The Balaban J connectivity index is 2.83. The quantitative estimate of drug-likeness (QED) is 0.764. The monoisotopic (exact) mass is 279 g/mol. The van der Waals surface area contributed by atoms with Gasteiger partial charge in [0.15, 0.2) is 0 Å². The van der Waals surface area contributed by atoms with Crippen LogP contribution in [0.5, 0.6) is 0 Å². The second-order valence-corrected chi connectivity index (χ2v) is 5.90. The molecule has 1 aliphatic heterocycles. The third-order valence-corrected chi connectivity index (χ3v) is 4.63. The lowest BCUT2D eigenvalue weighted by atomic mass is 10.00. The molecule has 1 aliphatic rings. The Labute approximate surface area is 108 Å². The highest BCUT2D eigenvalue weighted by atomic mass is 32.2. The molecule has 0 saturated carbocycles. The predicted octanol–water partition coefficient (Wildman–Crippen LogP) is 0.179. The summed E-state index contributed by atoms with van der Waals surface area (Å²) in [7, 11) is -3.89. The van der Waals surface area contributed by atoms with Crippen LogP contribution in [0, 0.1) is 0 Å². The largest absolute Gasteiger partial charge is 0.449 e. The predicted molar refractivity (Wildman–Crippen MR) is 67.1 cm³/mol. The Morgan fingerprint density at radius 2 is 2.17 bits per heavy atom. The Kier molecular flexibility index (Phi) is 5.36. The molecule has 0 radical (unpaired) electrons. The Hall–Kier alpha value is -0.860. The number of amides is 1. The first-order valence-electron chi connectivity index (χ1n) is 6.10. The summed E-state index contributed by atoms with van der Waals surface area (Å²) in [6, 6.07) is -0.431. The molecule has 0 aliphatic carbocycles. The van der Waals surface area contributed by atoms with E-state index in [2.05, 4.69) is 4.74 Å². The topological polar surface area (TPSA) is 102 Å². The van der Waals surface area contributed by atoms with Gasteiger partial charge in [0.2, 0.25) is 0 Å². The summed E-state index contributed by atoms with van der Waals surface area (Å²) in [4.78, 5) is 11.2. The normalized spacial score (nSPS) is 25.7. The number of carbonyl (C=O) groups is 1. The van der Waals surface area contributed by atoms with Crippen LogP contribution in [-0.4, -0.2) is 44.1 Å². The van der Waals surface area contributed by atoms with E-state index in [1.807, 2.05) is 11.6 Å². The van der Waals surface area contributed by atoms with Gasteiger partial charge in [0.1, 0.15) is 0 Å². The molecule has 2 atom stereocenters. The lowest BCUT2D eigenvalue weighted by molar-refractivity contribution is 0.154. The summed E-state index contributed by atoms with van der Waals surface area (Å²) in [6.07, 6.45) is 1.46. The van der Waals surface area contributed by atoms with Gasteiger partial charge in [-0.05, 0) is 26.7 Å². The maximum atomic E-state index is 12.1. The van der Waals surface area contributed by atoms with Gasteiger partial charge in [0.25, 0.3) is 0 Å². The van der Waals surface area contributed by atoms with E-state index in [4.69, 9.17) is 5.73 Å². The summed E-state index contributed by atoms with van der Waals surface area (Å²) < 4.78 is 32.0. The number of carbonyl (C=O) groups excluding carboxylic acids is 1. The zero-order valence-corrected chi connectivity index (χ0v) is 11.6. The third kappa shape index (κ3) is 3.56. The van der Waals surface area contributed by atoms with Crippen molar-refractivity contribution >= 4 is 16.3 Å². The number of rotatable bonds is 4. The zero-order chi connectivity index (χ0) is 13.8. The summed E-state index contributed by atoms with van der Waals surface area (Å²) in [6.45, 7) is 3.79. The highest BCUT2D eigenvalue weighted by Crippen LogP contribution is 2.24. The van der Waals surface area contributed by atoms with Crippen LogP contribution in [0.2, 0.25) is 0 Å². The third-order valence-electron chi connectivity index (χ3n) is 2.99. The molecule has 1 fully saturated rings. The number of nitrogens with two attached hydrogens (primary N) is 1. The van der Waals surface area contributed by atoms with Gasteiger partial charge in [-0.15, -0.1) is 0 Å². The van der Waals surface area contributed by atoms with E-state index in [9.17, 15) is 13.2 Å². The molecule has 18 heavy (non-hydrogen) atoms. The van der Waals surface area contributed by atoms with Crippen LogP contribution in [0.15, 0.2) is 0 Å². The molecule has 0 spiro atoms. The van der Waals surface area contributed by atoms with Gasteiger partial charge in [-0.3, -0.25) is 0 Å². The number of nitrogens with one attached hydrogen (secondary N) is 1. The Morgan fingerprint density at radius 1 is 1.50 bits per heavy atom. The fourth-order valence-electron chi connectivity index (χ4n) is 2.24. The van der Waals surface area contributed by atoms with Crippen LogP contribution >= 0.6 is 0 Å². The maximum absolute atomic E-state index is 12.1. The van der Waals surface area contributed by atoms with Crippen LogP contribution in [-0.2, 0) is 14.9 Å². The van der Waals surface area contributed by atoms with Gasteiger partial charge >= 0.3 is 16.3 Å². The molecule has 1 saturated heterocycles. The highest BCUT2D eigenvalue weighted by molar-refractivity contribution is 7.87. The second-order valence-electron chi connectivity index (χ2n) is 4.33. The molecule has 0 aromatic heterocycles. The molecular weight excluding hydrogens is 258 g/mol. The van der Waals surface area contributed by atoms with Crippen molar-refractivity contribution < 1.29 is 17.9 Å². The Bertz CT molecular complexity index is 385. The van der Waals surface area contributed by atoms with Crippen LogP contribution < -0.4 is 10.5 Å². The first-order valence-corrected chi connectivity index (χ1v) is 7.54. The number of hydrogen-bond acceptors (Lipinski definition) is 5. The van der Waals surface area contributed by atoms with Gasteiger partial charge in [-0.2, -0.15) is 12.7 Å². The van der Waals surface area contributed by atoms with Gasteiger partial charge in [-0.25, -0.2) is 9.52 Å². The van der Waals surface area contributed by atoms with Crippen LogP contribution in [0.1, 0.15) is 33.1 Å². The molecule has 0 aromatic rings. The minimum atomic E-state index is -3.89. The molecular formula is C10H21N3O4S. The van der Waals surface area contributed by atoms with E-state index in [0.29, 0.717) is 6.42 Å². The summed E-state index contributed by atoms with van der Waals surface area (Å²) in [5.74, 6) is 0. The van der Waals surface area contributed by atoms with Crippen LogP contribution in [0.4, 0.5) is 4.79 Å². The van der Waals surface area contributed by atoms with E-state index in [-0.39, 0.29) is 25.2 Å². The van der Waals surface area contributed by atoms with Crippen molar-refractivity contribution in [3.63, 3.8) is 0 Å². The molecule has 1 heterocycles. The number of nitrogens with zero attached hydrogens (tertiary/aromatic N) is 1. The number of hydrogen-bond donors (Lipinski definition) is 2. The molecule has 0 bridgehead atoms. The number of ether oxygens (including phenoxy) is 1. The van der Waals surface area contributed by atoms with Crippen molar-refractivity contribution in [2.24, 2.45) is 5.73 Å². The molecule has 8 heteroatoms. The SMILES string of the molecule is CCOC(=O)NS(=O)(=O)N1C(C)CCCC1CN. The van der Waals surface area contributed by atoms with E-state index >= 15 is 0 Å². The highest BCUT2D eigenvalue weighted by Gasteiger charge is 2.37. The maximum Gasteiger partial charge on any atom is 0.421 e. The summed E-state index contributed by atoms with van der Waals surface area (Å²) in [5, 5.41) is 0. The molecule has 1 rings (SSSR count). The average molecular weight is 279 g/mol.